The van der Waals surface area contributed by atoms with Crippen molar-refractivity contribution in [3.63, 3.8) is 0 Å². The predicted molar refractivity (Wildman–Crippen MR) is 116 cm³/mol. The van der Waals surface area contributed by atoms with Gasteiger partial charge in [-0.1, -0.05) is 0 Å². The van der Waals surface area contributed by atoms with E-state index in [2.05, 4.69) is 15.5 Å². The number of methoxy groups -OCH3 is 2. The van der Waals surface area contributed by atoms with Gasteiger partial charge in [0, 0.05) is 50.6 Å². The zero-order chi connectivity index (χ0) is 22.5. The number of nitrogens with one attached hydrogen (secondary N) is 2. The zero-order valence-electron chi connectivity index (χ0n) is 18.8. The van der Waals surface area contributed by atoms with Crippen molar-refractivity contribution >= 4 is 11.8 Å². The van der Waals surface area contributed by atoms with Crippen molar-refractivity contribution in [3.05, 3.63) is 40.7 Å². The van der Waals surface area contributed by atoms with Crippen LogP contribution in [0.1, 0.15) is 28.9 Å². The summed E-state index contributed by atoms with van der Waals surface area (Å²) in [5, 5.41) is 10.0. The number of piperazine rings is 1. The van der Waals surface area contributed by atoms with E-state index in [9.17, 15) is 9.59 Å². The topological polar surface area (TPSA) is 99.8 Å². The summed E-state index contributed by atoms with van der Waals surface area (Å²) >= 11 is 0. The van der Waals surface area contributed by atoms with E-state index < -0.39 is 6.04 Å². The fraction of sp³-hybridized carbons (Fsp3) is 0.500. The van der Waals surface area contributed by atoms with Crippen molar-refractivity contribution in [2.24, 2.45) is 0 Å². The lowest BCUT2D eigenvalue weighted by atomic mass is 10.1. The predicted octanol–water partition coefficient (Wildman–Crippen LogP) is 1.39. The third-order valence-electron chi connectivity index (χ3n) is 5.71. The van der Waals surface area contributed by atoms with Crippen LogP contribution in [0.15, 0.2) is 18.2 Å². The maximum atomic E-state index is 13.0. The minimum atomic E-state index is -0.535. The first-order valence-corrected chi connectivity index (χ1v) is 10.3. The third-order valence-corrected chi connectivity index (χ3v) is 5.71. The fourth-order valence-corrected chi connectivity index (χ4v) is 3.82. The SMILES string of the molecule is COc1cc(CN2CCNC(=O)C2CC(=O)N(C)Cc2c(C)n[nH]c2C)cc(OC)c1. The summed E-state index contributed by atoms with van der Waals surface area (Å²) < 4.78 is 10.7. The Kier molecular flexibility index (Phi) is 7.17. The van der Waals surface area contributed by atoms with E-state index in [0.717, 1.165) is 22.5 Å². The molecule has 0 saturated carbocycles. The molecule has 0 radical (unpaired) electrons. The van der Waals surface area contributed by atoms with Gasteiger partial charge in [0.15, 0.2) is 0 Å². The quantitative estimate of drug-likeness (QED) is 0.658. The number of ether oxygens (including phenoxy) is 2. The van der Waals surface area contributed by atoms with E-state index in [1.807, 2.05) is 36.9 Å². The summed E-state index contributed by atoms with van der Waals surface area (Å²) in [6.45, 7) is 6.03. The maximum absolute atomic E-state index is 13.0. The van der Waals surface area contributed by atoms with Crippen molar-refractivity contribution in [1.29, 1.82) is 0 Å². The van der Waals surface area contributed by atoms with Gasteiger partial charge in [-0.25, -0.2) is 0 Å². The number of carbonyl (C=O) groups is 2. The highest BCUT2D eigenvalue weighted by molar-refractivity contribution is 5.88. The van der Waals surface area contributed by atoms with E-state index in [1.54, 1.807) is 26.2 Å². The second kappa shape index (κ2) is 9.82. The minimum absolute atomic E-state index is 0.0877. The highest BCUT2D eigenvalue weighted by Crippen LogP contribution is 2.25. The third kappa shape index (κ3) is 5.35. The Morgan fingerprint density at radius 1 is 1.23 bits per heavy atom. The standard InChI is InChI=1S/C22H31N5O4/c1-14-19(15(2)25-24-14)13-26(3)21(28)11-20-22(29)23-6-7-27(20)12-16-8-17(30-4)10-18(9-16)31-5/h8-10,20H,6-7,11-13H2,1-5H3,(H,23,29)(H,24,25). The lowest BCUT2D eigenvalue weighted by Crippen LogP contribution is -2.56. The number of aromatic amines is 1. The van der Waals surface area contributed by atoms with Gasteiger partial charge in [0.25, 0.3) is 0 Å². The summed E-state index contributed by atoms with van der Waals surface area (Å²) in [7, 11) is 4.97. The number of H-pyrrole nitrogens is 1. The molecule has 9 nitrogen and oxygen atoms in total. The van der Waals surface area contributed by atoms with Crippen molar-refractivity contribution in [2.45, 2.75) is 39.4 Å². The number of aromatic nitrogens is 2. The molecule has 0 aliphatic carbocycles. The van der Waals surface area contributed by atoms with Gasteiger partial charge in [0.05, 0.1) is 32.4 Å². The molecule has 1 aromatic carbocycles. The number of amides is 2. The van der Waals surface area contributed by atoms with E-state index in [4.69, 9.17) is 9.47 Å². The summed E-state index contributed by atoms with van der Waals surface area (Å²) in [4.78, 5) is 29.3. The van der Waals surface area contributed by atoms with Crippen molar-refractivity contribution in [1.82, 2.24) is 25.3 Å². The molecule has 1 aliphatic rings. The van der Waals surface area contributed by atoms with E-state index in [1.165, 1.54) is 0 Å². The number of carbonyl (C=O) groups excluding carboxylic acids is 2. The van der Waals surface area contributed by atoms with Crippen LogP contribution in [0.2, 0.25) is 0 Å². The number of rotatable bonds is 8. The molecule has 1 fully saturated rings. The Morgan fingerprint density at radius 2 is 1.90 bits per heavy atom. The van der Waals surface area contributed by atoms with Crippen LogP contribution >= 0.6 is 0 Å². The zero-order valence-corrected chi connectivity index (χ0v) is 18.8. The summed E-state index contributed by atoms with van der Waals surface area (Å²) in [5.74, 6) is 1.16. The highest BCUT2D eigenvalue weighted by atomic mass is 16.5. The van der Waals surface area contributed by atoms with Crippen LogP contribution in [-0.4, -0.2) is 72.2 Å². The monoisotopic (exact) mass is 429 g/mol. The molecule has 168 valence electrons. The lowest BCUT2D eigenvalue weighted by molar-refractivity contribution is -0.138. The van der Waals surface area contributed by atoms with Gasteiger partial charge in [-0.05, 0) is 31.5 Å². The molecular formula is C22H31N5O4. The van der Waals surface area contributed by atoms with Gasteiger partial charge in [0.1, 0.15) is 11.5 Å². The smallest absolute Gasteiger partial charge is 0.237 e. The molecule has 1 aliphatic heterocycles. The summed E-state index contributed by atoms with van der Waals surface area (Å²) in [6.07, 6.45) is 0.110. The van der Waals surface area contributed by atoms with Gasteiger partial charge in [-0.3, -0.25) is 19.6 Å². The molecule has 0 spiro atoms. The number of hydrogen-bond acceptors (Lipinski definition) is 6. The van der Waals surface area contributed by atoms with Crippen LogP contribution < -0.4 is 14.8 Å². The molecular weight excluding hydrogens is 398 g/mol. The Hall–Kier alpha value is -3.07. The molecule has 2 aromatic rings. The van der Waals surface area contributed by atoms with Crippen LogP contribution in [0, 0.1) is 13.8 Å². The largest absolute Gasteiger partial charge is 0.497 e. The van der Waals surface area contributed by atoms with E-state index >= 15 is 0 Å². The Labute approximate surface area is 182 Å². The van der Waals surface area contributed by atoms with Crippen molar-refractivity contribution in [3.8, 4) is 11.5 Å². The molecule has 1 saturated heterocycles. The molecule has 1 aromatic heterocycles. The molecule has 2 amide bonds. The Bertz CT molecular complexity index is 900. The van der Waals surface area contributed by atoms with Gasteiger partial charge in [-0.15, -0.1) is 0 Å². The normalized spacial score (nSPS) is 16.7. The summed E-state index contributed by atoms with van der Waals surface area (Å²) in [6, 6.07) is 5.12. The van der Waals surface area contributed by atoms with Crippen LogP contribution in [0.3, 0.4) is 0 Å². The maximum Gasteiger partial charge on any atom is 0.237 e. The average Bonchev–Trinajstić information content (AvgIpc) is 3.07. The highest BCUT2D eigenvalue weighted by Gasteiger charge is 2.32. The van der Waals surface area contributed by atoms with Crippen LogP contribution in [0.5, 0.6) is 11.5 Å². The first kappa shape index (κ1) is 22.6. The Balaban J connectivity index is 1.72. The fourth-order valence-electron chi connectivity index (χ4n) is 3.82. The van der Waals surface area contributed by atoms with Crippen LogP contribution in [-0.2, 0) is 22.7 Å². The van der Waals surface area contributed by atoms with Gasteiger partial charge in [-0.2, -0.15) is 5.10 Å². The Morgan fingerprint density at radius 3 is 2.48 bits per heavy atom. The van der Waals surface area contributed by atoms with E-state index in [0.29, 0.717) is 37.7 Å². The number of aryl methyl sites for hydroxylation is 2. The van der Waals surface area contributed by atoms with Crippen molar-refractivity contribution in [2.75, 3.05) is 34.4 Å². The molecule has 2 N–H and O–H groups in total. The van der Waals surface area contributed by atoms with Gasteiger partial charge >= 0.3 is 0 Å². The second-order valence-electron chi connectivity index (χ2n) is 7.86. The molecule has 3 rings (SSSR count). The number of hydrogen-bond donors (Lipinski definition) is 2. The van der Waals surface area contributed by atoms with Crippen LogP contribution in [0.4, 0.5) is 0 Å². The number of nitrogens with zero attached hydrogens (tertiary/aromatic N) is 3. The average molecular weight is 430 g/mol. The van der Waals surface area contributed by atoms with Gasteiger partial charge < -0.3 is 19.7 Å². The molecule has 1 atom stereocenters. The molecule has 9 heteroatoms. The first-order valence-electron chi connectivity index (χ1n) is 10.3. The van der Waals surface area contributed by atoms with Crippen molar-refractivity contribution < 1.29 is 19.1 Å². The number of benzene rings is 1. The summed E-state index contributed by atoms with van der Waals surface area (Å²) in [5.41, 5.74) is 3.79. The second-order valence-corrected chi connectivity index (χ2v) is 7.86. The van der Waals surface area contributed by atoms with Gasteiger partial charge in [0.2, 0.25) is 11.8 Å². The molecule has 31 heavy (non-hydrogen) atoms. The molecule has 1 unspecified atom stereocenters. The van der Waals surface area contributed by atoms with E-state index in [-0.39, 0.29) is 18.2 Å². The minimum Gasteiger partial charge on any atom is -0.497 e. The van der Waals surface area contributed by atoms with Crippen LogP contribution in [0.25, 0.3) is 0 Å². The first-order chi connectivity index (χ1) is 14.8. The molecule has 0 bridgehead atoms. The lowest BCUT2D eigenvalue weighted by Gasteiger charge is -2.35. The molecule has 2 heterocycles.